The van der Waals surface area contributed by atoms with Gasteiger partial charge in [0.15, 0.2) is 6.29 Å². The van der Waals surface area contributed by atoms with E-state index in [0.29, 0.717) is 4.88 Å². The third-order valence-electron chi connectivity index (χ3n) is 2.56. The molecule has 0 saturated heterocycles. The minimum atomic E-state index is 0.221. The first-order valence-electron chi connectivity index (χ1n) is 5.11. The van der Waals surface area contributed by atoms with E-state index in [1.165, 1.54) is 11.3 Å². The van der Waals surface area contributed by atoms with Gasteiger partial charge >= 0.3 is 0 Å². The molecular formula is C13H12O2S. The third-order valence-corrected chi connectivity index (χ3v) is 3.40. The number of thiophene rings is 1. The molecule has 2 aromatic rings. The molecule has 1 aromatic heterocycles. The highest BCUT2D eigenvalue weighted by Gasteiger charge is 2.10. The largest absolute Gasteiger partial charge is 0.507 e. The van der Waals surface area contributed by atoms with Crippen LogP contribution in [0.4, 0.5) is 0 Å². The van der Waals surface area contributed by atoms with Crippen molar-refractivity contribution in [1.29, 1.82) is 0 Å². The third kappa shape index (κ3) is 1.86. The lowest BCUT2D eigenvalue weighted by atomic mass is 10.0. The quantitative estimate of drug-likeness (QED) is 0.822. The van der Waals surface area contributed by atoms with Crippen LogP contribution < -0.4 is 0 Å². The van der Waals surface area contributed by atoms with Gasteiger partial charge in [0.1, 0.15) is 5.75 Å². The lowest BCUT2D eigenvalue weighted by molar-refractivity contribution is 0.112. The average molecular weight is 232 g/mol. The molecule has 0 spiro atoms. The number of aromatic hydroxyl groups is 1. The number of hydrogen-bond donors (Lipinski definition) is 1. The highest BCUT2D eigenvalue weighted by atomic mass is 32.1. The Labute approximate surface area is 98.2 Å². The number of carbonyl (C=O) groups excluding carboxylic acids is 1. The summed E-state index contributed by atoms with van der Waals surface area (Å²) < 4.78 is 0. The van der Waals surface area contributed by atoms with E-state index < -0.39 is 0 Å². The second kappa shape index (κ2) is 4.49. The SMILES string of the molecule is CCc1ccc(O)c(-c2ccsc2C=O)c1. The van der Waals surface area contributed by atoms with Crippen LogP contribution in [0, 0.1) is 0 Å². The second-order valence-electron chi connectivity index (χ2n) is 3.52. The van der Waals surface area contributed by atoms with Crippen LogP contribution >= 0.6 is 11.3 Å². The first-order chi connectivity index (χ1) is 7.76. The molecule has 0 radical (unpaired) electrons. The molecule has 0 aliphatic rings. The van der Waals surface area contributed by atoms with Crippen LogP contribution in [0.5, 0.6) is 5.75 Å². The molecule has 1 heterocycles. The van der Waals surface area contributed by atoms with Gasteiger partial charge in [0, 0.05) is 11.1 Å². The molecule has 3 heteroatoms. The molecule has 0 unspecified atom stereocenters. The minimum Gasteiger partial charge on any atom is -0.507 e. The number of phenols is 1. The van der Waals surface area contributed by atoms with Gasteiger partial charge in [-0.2, -0.15) is 0 Å². The van der Waals surface area contributed by atoms with E-state index >= 15 is 0 Å². The van der Waals surface area contributed by atoms with Crippen molar-refractivity contribution in [3.05, 3.63) is 40.1 Å². The van der Waals surface area contributed by atoms with Crippen molar-refractivity contribution < 1.29 is 9.90 Å². The maximum Gasteiger partial charge on any atom is 0.160 e. The van der Waals surface area contributed by atoms with E-state index in [4.69, 9.17) is 0 Å². The van der Waals surface area contributed by atoms with Crippen LogP contribution in [0.2, 0.25) is 0 Å². The van der Waals surface area contributed by atoms with E-state index in [1.807, 2.05) is 23.6 Å². The first kappa shape index (κ1) is 10.9. The normalized spacial score (nSPS) is 10.3. The fourth-order valence-corrected chi connectivity index (χ4v) is 2.36. The average Bonchev–Trinajstić information content (AvgIpc) is 2.77. The van der Waals surface area contributed by atoms with E-state index in [9.17, 15) is 9.90 Å². The smallest absolute Gasteiger partial charge is 0.160 e. The number of aryl methyl sites for hydroxylation is 1. The topological polar surface area (TPSA) is 37.3 Å². The minimum absolute atomic E-state index is 0.221. The molecule has 0 aliphatic heterocycles. The Kier molecular flexibility index (Phi) is 3.06. The van der Waals surface area contributed by atoms with E-state index in [-0.39, 0.29) is 5.75 Å². The first-order valence-corrected chi connectivity index (χ1v) is 5.99. The van der Waals surface area contributed by atoms with E-state index in [0.717, 1.165) is 29.4 Å². The zero-order valence-corrected chi connectivity index (χ0v) is 9.75. The number of rotatable bonds is 3. The van der Waals surface area contributed by atoms with E-state index in [2.05, 4.69) is 6.92 Å². The van der Waals surface area contributed by atoms with E-state index in [1.54, 1.807) is 6.07 Å². The molecule has 2 rings (SSSR count). The second-order valence-corrected chi connectivity index (χ2v) is 4.47. The van der Waals surface area contributed by atoms with Gasteiger partial charge in [0.2, 0.25) is 0 Å². The van der Waals surface area contributed by atoms with Crippen LogP contribution in [0.1, 0.15) is 22.2 Å². The van der Waals surface area contributed by atoms with Gasteiger partial charge in [-0.05, 0) is 35.6 Å². The molecule has 0 bridgehead atoms. The summed E-state index contributed by atoms with van der Waals surface area (Å²) in [6, 6.07) is 7.37. The van der Waals surface area contributed by atoms with Crippen LogP contribution in [-0.2, 0) is 6.42 Å². The molecule has 2 nitrogen and oxygen atoms in total. The Morgan fingerprint density at radius 3 is 2.81 bits per heavy atom. The molecule has 16 heavy (non-hydrogen) atoms. The Balaban J connectivity index is 2.58. The van der Waals surface area contributed by atoms with Gasteiger partial charge in [0.25, 0.3) is 0 Å². The fraction of sp³-hybridized carbons (Fsp3) is 0.154. The molecule has 0 aliphatic carbocycles. The molecular weight excluding hydrogens is 220 g/mol. The van der Waals surface area contributed by atoms with Crippen molar-refractivity contribution in [2.24, 2.45) is 0 Å². The molecule has 1 aromatic carbocycles. The number of phenolic OH excluding ortho intramolecular Hbond substituents is 1. The summed E-state index contributed by atoms with van der Waals surface area (Å²) in [5, 5.41) is 11.7. The molecule has 0 atom stereocenters. The predicted octanol–water partition coefficient (Wildman–Crippen LogP) is 3.50. The van der Waals surface area contributed by atoms with Crippen molar-refractivity contribution in [1.82, 2.24) is 0 Å². The zero-order valence-electron chi connectivity index (χ0n) is 8.93. The standard InChI is InChI=1S/C13H12O2S/c1-2-9-3-4-12(15)11(7-9)10-5-6-16-13(10)8-14/h3-8,15H,2H2,1H3. The lowest BCUT2D eigenvalue weighted by Gasteiger charge is -2.06. The van der Waals surface area contributed by atoms with Crippen LogP contribution in [0.15, 0.2) is 29.6 Å². The summed E-state index contributed by atoms with van der Waals surface area (Å²) in [4.78, 5) is 11.5. The van der Waals surface area contributed by atoms with Crippen molar-refractivity contribution >= 4 is 17.6 Å². The Hall–Kier alpha value is -1.61. The van der Waals surface area contributed by atoms with Crippen LogP contribution in [0.25, 0.3) is 11.1 Å². The Morgan fingerprint density at radius 1 is 1.31 bits per heavy atom. The molecule has 0 fully saturated rings. The summed E-state index contributed by atoms with van der Waals surface area (Å²) in [7, 11) is 0. The van der Waals surface area contributed by atoms with Gasteiger partial charge in [-0.25, -0.2) is 0 Å². The molecule has 0 amide bonds. The van der Waals surface area contributed by atoms with Gasteiger partial charge in [-0.1, -0.05) is 13.0 Å². The lowest BCUT2D eigenvalue weighted by Crippen LogP contribution is -1.85. The summed E-state index contributed by atoms with van der Waals surface area (Å²) in [6.45, 7) is 2.06. The predicted molar refractivity (Wildman–Crippen MR) is 66.2 cm³/mol. The highest BCUT2D eigenvalue weighted by molar-refractivity contribution is 7.12. The van der Waals surface area contributed by atoms with Crippen molar-refractivity contribution in [2.45, 2.75) is 13.3 Å². The van der Waals surface area contributed by atoms with Gasteiger partial charge < -0.3 is 5.11 Å². The molecule has 82 valence electrons. The highest BCUT2D eigenvalue weighted by Crippen LogP contribution is 2.34. The van der Waals surface area contributed by atoms with Gasteiger partial charge in [-0.3, -0.25) is 4.79 Å². The molecule has 1 N–H and O–H groups in total. The van der Waals surface area contributed by atoms with Crippen molar-refractivity contribution in [3.8, 4) is 16.9 Å². The van der Waals surface area contributed by atoms with Gasteiger partial charge in [0.05, 0.1) is 4.88 Å². The maximum absolute atomic E-state index is 10.9. The summed E-state index contributed by atoms with van der Waals surface area (Å²) in [5.74, 6) is 0.221. The van der Waals surface area contributed by atoms with Crippen LogP contribution in [0.3, 0.4) is 0 Å². The monoisotopic (exact) mass is 232 g/mol. The van der Waals surface area contributed by atoms with Crippen LogP contribution in [-0.4, -0.2) is 11.4 Å². The Morgan fingerprint density at radius 2 is 2.12 bits per heavy atom. The summed E-state index contributed by atoms with van der Waals surface area (Å²) in [5.41, 5.74) is 2.70. The number of benzene rings is 1. The number of aldehydes is 1. The fourth-order valence-electron chi connectivity index (χ4n) is 1.65. The Bertz CT molecular complexity index is 514. The number of carbonyl (C=O) groups is 1. The number of hydrogen-bond acceptors (Lipinski definition) is 3. The van der Waals surface area contributed by atoms with Crippen molar-refractivity contribution in [3.63, 3.8) is 0 Å². The van der Waals surface area contributed by atoms with Crippen molar-refractivity contribution in [2.75, 3.05) is 0 Å². The summed E-state index contributed by atoms with van der Waals surface area (Å²) >= 11 is 1.39. The van der Waals surface area contributed by atoms with Gasteiger partial charge in [-0.15, -0.1) is 11.3 Å². The zero-order chi connectivity index (χ0) is 11.5. The maximum atomic E-state index is 10.9. The molecule has 0 saturated carbocycles. The summed E-state index contributed by atoms with van der Waals surface area (Å²) in [6.07, 6.45) is 1.74.